The Hall–Kier alpha value is -2.39. The fourth-order valence-electron chi connectivity index (χ4n) is 5.20. The molecule has 0 amide bonds. The van der Waals surface area contributed by atoms with E-state index in [-0.39, 0.29) is 24.0 Å². The Morgan fingerprint density at radius 1 is 1.04 bits per heavy atom. The average Bonchev–Trinajstić information content (AvgIpc) is 3.26. The lowest BCUT2D eigenvalue weighted by Crippen LogP contribution is -2.45. The van der Waals surface area contributed by atoms with Crippen molar-refractivity contribution in [3.05, 3.63) is 63.1 Å². The van der Waals surface area contributed by atoms with Crippen LogP contribution < -0.4 is 0 Å². The number of carbonyl (C=O) groups excluding carboxylic acids is 1. The van der Waals surface area contributed by atoms with E-state index >= 15 is 0 Å². The van der Waals surface area contributed by atoms with E-state index in [2.05, 4.69) is 22.8 Å². The average molecular weight is 331 g/mol. The first-order chi connectivity index (χ1) is 12.1. The van der Waals surface area contributed by atoms with E-state index in [9.17, 15) is 4.79 Å². The van der Waals surface area contributed by atoms with Crippen molar-refractivity contribution in [2.75, 3.05) is 0 Å². The molecule has 124 valence electrons. The first-order valence-corrected chi connectivity index (χ1v) is 8.70. The first kappa shape index (κ1) is 13.9. The molecule has 1 fully saturated rings. The second-order valence-corrected chi connectivity index (χ2v) is 7.77. The molecule has 1 aliphatic heterocycles. The second kappa shape index (κ2) is 4.23. The zero-order valence-corrected chi connectivity index (χ0v) is 14.0. The molecule has 4 unspecified atom stereocenters. The molecule has 2 aromatic rings. The number of nitrogens with one attached hydrogen (secondary N) is 1. The monoisotopic (exact) mass is 331 g/mol. The van der Waals surface area contributed by atoms with Crippen LogP contribution in [0, 0.1) is 0 Å². The molecule has 2 bridgehead atoms. The van der Waals surface area contributed by atoms with Gasteiger partial charge in [0.1, 0.15) is 0 Å². The van der Waals surface area contributed by atoms with Crippen molar-refractivity contribution >= 4 is 18.4 Å². The van der Waals surface area contributed by atoms with Crippen molar-refractivity contribution in [3.63, 3.8) is 0 Å². The molecular formula is C21H17NO3. The molecule has 0 spiro atoms. The summed E-state index contributed by atoms with van der Waals surface area (Å²) < 4.78 is 12.6. The summed E-state index contributed by atoms with van der Waals surface area (Å²) in [6.45, 7) is 3.94. The van der Waals surface area contributed by atoms with Crippen molar-refractivity contribution in [3.8, 4) is 0 Å². The van der Waals surface area contributed by atoms with Gasteiger partial charge in [-0.2, -0.15) is 0 Å². The number of hydrogen-bond acceptors (Lipinski definition) is 3. The molecule has 0 saturated carbocycles. The van der Waals surface area contributed by atoms with E-state index < -0.39 is 5.79 Å². The van der Waals surface area contributed by atoms with Crippen LogP contribution in [0.1, 0.15) is 69.6 Å². The minimum Gasteiger partial charge on any atom is -0.358 e. The van der Waals surface area contributed by atoms with E-state index in [0.717, 1.165) is 11.8 Å². The van der Waals surface area contributed by atoms with E-state index in [4.69, 9.17) is 9.47 Å². The van der Waals surface area contributed by atoms with Gasteiger partial charge in [-0.05, 0) is 71.5 Å². The van der Waals surface area contributed by atoms with Crippen LogP contribution >= 0.6 is 0 Å². The van der Waals surface area contributed by atoms with Crippen LogP contribution in [0.15, 0.2) is 24.1 Å². The zero-order chi connectivity index (χ0) is 16.9. The van der Waals surface area contributed by atoms with Gasteiger partial charge in [0.2, 0.25) is 0 Å². The normalized spacial score (nSPS) is 31.6. The van der Waals surface area contributed by atoms with Gasteiger partial charge in [0, 0.05) is 18.0 Å². The Labute approximate surface area is 145 Å². The summed E-state index contributed by atoms with van der Waals surface area (Å²) in [6.07, 6.45) is 6.86. The van der Waals surface area contributed by atoms with Crippen LogP contribution in [-0.4, -0.2) is 29.3 Å². The molecule has 4 aliphatic carbocycles. The van der Waals surface area contributed by atoms with Gasteiger partial charge in [-0.1, -0.05) is 0 Å². The lowest BCUT2D eigenvalue weighted by atomic mass is 9.61. The van der Waals surface area contributed by atoms with E-state index in [0.29, 0.717) is 5.69 Å². The van der Waals surface area contributed by atoms with Gasteiger partial charge in [0.15, 0.2) is 12.1 Å². The summed E-state index contributed by atoms with van der Waals surface area (Å²) in [5, 5.41) is 0. The molecule has 1 saturated heterocycles. The summed E-state index contributed by atoms with van der Waals surface area (Å²) in [5.74, 6) is -0.496. The summed E-state index contributed by atoms with van der Waals surface area (Å²) in [7, 11) is 0. The van der Waals surface area contributed by atoms with E-state index in [1.165, 1.54) is 27.8 Å². The number of rotatable bonds is 1. The number of carbonyl (C=O) groups is 1. The van der Waals surface area contributed by atoms with Gasteiger partial charge >= 0.3 is 0 Å². The Morgan fingerprint density at radius 2 is 1.68 bits per heavy atom. The van der Waals surface area contributed by atoms with Gasteiger partial charge in [0.25, 0.3) is 0 Å². The van der Waals surface area contributed by atoms with Crippen molar-refractivity contribution < 1.29 is 14.3 Å². The van der Waals surface area contributed by atoms with Gasteiger partial charge in [-0.15, -0.1) is 5.73 Å². The lowest BCUT2D eigenvalue weighted by molar-refractivity contribution is -0.146. The van der Waals surface area contributed by atoms with Crippen LogP contribution in [0.25, 0.3) is 12.2 Å². The number of hydrogen-bond donors (Lipinski definition) is 1. The van der Waals surface area contributed by atoms with Crippen molar-refractivity contribution in [2.24, 2.45) is 0 Å². The first-order valence-electron chi connectivity index (χ1n) is 8.70. The van der Waals surface area contributed by atoms with Crippen molar-refractivity contribution in [2.45, 2.75) is 43.7 Å². The second-order valence-electron chi connectivity index (χ2n) is 7.77. The van der Waals surface area contributed by atoms with Crippen LogP contribution in [0.2, 0.25) is 0 Å². The van der Waals surface area contributed by atoms with E-state index in [1.54, 1.807) is 0 Å². The number of fused-ring (bicyclic) bond motifs is 1. The fourth-order valence-corrected chi connectivity index (χ4v) is 5.20. The Bertz CT molecular complexity index is 1020. The van der Waals surface area contributed by atoms with Gasteiger partial charge < -0.3 is 14.5 Å². The third-order valence-electron chi connectivity index (χ3n) is 6.01. The van der Waals surface area contributed by atoms with Crippen LogP contribution in [-0.2, 0) is 9.47 Å². The molecule has 25 heavy (non-hydrogen) atoms. The molecule has 4 atom stereocenters. The molecule has 4 heteroatoms. The van der Waals surface area contributed by atoms with Gasteiger partial charge in [0.05, 0.1) is 17.9 Å². The quantitative estimate of drug-likeness (QED) is 0.548. The minimum atomic E-state index is -0.606. The number of aldehydes is 1. The van der Waals surface area contributed by atoms with Crippen molar-refractivity contribution in [1.82, 2.24) is 4.98 Å². The van der Waals surface area contributed by atoms with Gasteiger partial charge in [-0.3, -0.25) is 4.79 Å². The molecule has 4 nitrogen and oxygen atoms in total. The number of benzene rings is 1. The number of H-pyrrole nitrogens is 1. The van der Waals surface area contributed by atoms with Crippen molar-refractivity contribution in [1.29, 1.82) is 0 Å². The molecule has 5 aliphatic rings. The highest BCUT2D eigenvalue weighted by Gasteiger charge is 2.58. The molecule has 0 radical (unpaired) electrons. The zero-order valence-electron chi connectivity index (χ0n) is 14.0. The Kier molecular flexibility index (Phi) is 2.34. The highest BCUT2D eigenvalue weighted by Crippen LogP contribution is 2.59. The summed E-state index contributed by atoms with van der Waals surface area (Å²) in [5.41, 5.74) is 11.1. The van der Waals surface area contributed by atoms with Crippen LogP contribution in [0.3, 0.4) is 0 Å². The highest BCUT2D eigenvalue weighted by atomic mass is 16.8. The predicted octanol–water partition coefficient (Wildman–Crippen LogP) is 3.58. The number of ether oxygens (including phenoxy) is 2. The largest absolute Gasteiger partial charge is 0.358 e. The molecule has 1 N–H and O–H groups in total. The Balaban J connectivity index is 1.65. The summed E-state index contributed by atoms with van der Waals surface area (Å²) in [6, 6.07) is 4.51. The fraction of sp³-hybridized carbons (Fsp3) is 0.333. The number of aromatic amines is 1. The Morgan fingerprint density at radius 3 is 2.36 bits per heavy atom. The highest BCUT2D eigenvalue weighted by molar-refractivity contribution is 5.81. The molecular weight excluding hydrogens is 314 g/mol. The maximum absolute atomic E-state index is 11.6. The smallest absolute Gasteiger partial charge is 0.166 e. The SMILES string of the molecule is CC1(C)OC2C3c4cc5c(cc4C(c4c3c[nH]c4C=O)C2O1)C=C=C5. The standard InChI is InChI=1S/C21H17NO3/c1-21(2)24-19-16-12-6-10-4-3-5-11(10)7-13(12)18(20(19)25-21)17-14(16)8-22-15(17)9-23/h4-9,16,18-20,22H,1-2H3. The molecule has 1 aromatic heterocycles. The molecule has 1 aromatic carbocycles. The summed E-state index contributed by atoms with van der Waals surface area (Å²) in [4.78, 5) is 14.8. The van der Waals surface area contributed by atoms with Gasteiger partial charge in [-0.25, -0.2) is 0 Å². The predicted molar refractivity (Wildman–Crippen MR) is 92.6 cm³/mol. The summed E-state index contributed by atoms with van der Waals surface area (Å²) >= 11 is 0. The maximum Gasteiger partial charge on any atom is 0.166 e. The molecule has 2 heterocycles. The van der Waals surface area contributed by atoms with Crippen LogP contribution in [0.4, 0.5) is 0 Å². The maximum atomic E-state index is 11.6. The third kappa shape index (κ3) is 1.58. The topological polar surface area (TPSA) is 51.3 Å². The third-order valence-corrected chi connectivity index (χ3v) is 6.01. The minimum absolute atomic E-state index is 0.0209. The van der Waals surface area contributed by atoms with Crippen LogP contribution in [0.5, 0.6) is 0 Å². The number of aromatic nitrogens is 1. The molecule has 7 rings (SSSR count). The van der Waals surface area contributed by atoms with E-state index in [1.807, 2.05) is 32.2 Å². The lowest BCUT2D eigenvalue weighted by Gasteiger charge is -2.45.